The lowest BCUT2D eigenvalue weighted by atomic mass is 10.2. The Bertz CT molecular complexity index is 712. The number of halogens is 1. The molecule has 0 amide bonds. The first-order valence-corrected chi connectivity index (χ1v) is 6.63. The van der Waals surface area contributed by atoms with E-state index >= 15 is 0 Å². The van der Waals surface area contributed by atoms with Gasteiger partial charge in [-0.3, -0.25) is 10.1 Å². The lowest BCUT2D eigenvalue weighted by Gasteiger charge is -2.10. The molecular formula is C14H10BrNO5. The maximum atomic E-state index is 11.1. The number of benzene rings is 2. The molecule has 0 spiro atoms. The summed E-state index contributed by atoms with van der Waals surface area (Å²) in [4.78, 5) is 21.3. The van der Waals surface area contributed by atoms with Crippen LogP contribution in [-0.2, 0) is 0 Å². The first-order valence-electron chi connectivity index (χ1n) is 5.84. The summed E-state index contributed by atoms with van der Waals surface area (Å²) in [5.74, 6) is -0.591. The highest BCUT2D eigenvalue weighted by atomic mass is 79.9. The van der Waals surface area contributed by atoms with Crippen molar-refractivity contribution >= 4 is 27.6 Å². The molecule has 2 aromatic carbocycles. The molecule has 0 aliphatic heterocycles. The summed E-state index contributed by atoms with van der Waals surface area (Å²) in [5.41, 5.74) is 0.548. The van der Waals surface area contributed by atoms with E-state index in [0.717, 1.165) is 0 Å². The van der Waals surface area contributed by atoms with Crippen molar-refractivity contribution in [2.24, 2.45) is 0 Å². The monoisotopic (exact) mass is 351 g/mol. The molecule has 2 aromatic rings. The Morgan fingerprint density at radius 1 is 1.29 bits per heavy atom. The van der Waals surface area contributed by atoms with E-state index in [9.17, 15) is 14.9 Å². The summed E-state index contributed by atoms with van der Waals surface area (Å²) in [5, 5.41) is 19.9. The molecule has 108 valence electrons. The van der Waals surface area contributed by atoms with Crippen molar-refractivity contribution < 1.29 is 19.6 Å². The number of carbonyl (C=O) groups is 1. The van der Waals surface area contributed by atoms with Crippen LogP contribution in [0.25, 0.3) is 0 Å². The second-order valence-corrected chi connectivity index (χ2v) is 5.18. The minimum absolute atomic E-state index is 0.115. The SMILES string of the molecule is Cc1cc(Br)cc([N+](=O)[O-])c1Oc1ccc(C(=O)O)cc1. The quantitative estimate of drug-likeness (QED) is 0.659. The van der Waals surface area contributed by atoms with Crippen LogP contribution in [0.3, 0.4) is 0 Å². The van der Waals surface area contributed by atoms with Crippen LogP contribution in [0.1, 0.15) is 15.9 Å². The molecule has 0 saturated carbocycles. The minimum atomic E-state index is -1.05. The molecule has 2 rings (SSSR count). The van der Waals surface area contributed by atoms with E-state index in [1.165, 1.54) is 30.3 Å². The topological polar surface area (TPSA) is 89.7 Å². The number of hydrogen-bond donors (Lipinski definition) is 1. The summed E-state index contributed by atoms with van der Waals surface area (Å²) < 4.78 is 6.12. The van der Waals surface area contributed by atoms with Gasteiger partial charge in [0.1, 0.15) is 5.75 Å². The summed E-state index contributed by atoms with van der Waals surface area (Å²) in [6.45, 7) is 1.69. The fraction of sp³-hybridized carbons (Fsp3) is 0.0714. The van der Waals surface area contributed by atoms with Gasteiger partial charge in [-0.2, -0.15) is 0 Å². The van der Waals surface area contributed by atoms with E-state index < -0.39 is 10.9 Å². The number of aromatic carboxylic acids is 1. The molecule has 21 heavy (non-hydrogen) atoms. The molecule has 0 bridgehead atoms. The summed E-state index contributed by atoms with van der Waals surface area (Å²) >= 11 is 3.20. The summed E-state index contributed by atoms with van der Waals surface area (Å²) in [6, 6.07) is 8.71. The van der Waals surface area contributed by atoms with E-state index in [1.807, 2.05) is 0 Å². The second-order valence-electron chi connectivity index (χ2n) is 4.26. The first-order chi connectivity index (χ1) is 9.88. The van der Waals surface area contributed by atoms with Gasteiger partial charge in [-0.05, 0) is 42.8 Å². The smallest absolute Gasteiger partial charge is 0.335 e. The predicted octanol–water partition coefficient (Wildman–Crippen LogP) is 4.16. The Hall–Kier alpha value is -2.41. The lowest BCUT2D eigenvalue weighted by molar-refractivity contribution is -0.385. The van der Waals surface area contributed by atoms with Crippen molar-refractivity contribution in [1.29, 1.82) is 0 Å². The largest absolute Gasteiger partial charge is 0.478 e. The van der Waals surface area contributed by atoms with Crippen molar-refractivity contribution in [3.05, 3.63) is 62.1 Å². The molecule has 0 aromatic heterocycles. The molecule has 0 atom stereocenters. The number of carboxylic acid groups (broad SMARTS) is 1. The first kappa shape index (κ1) is 15.0. The van der Waals surface area contributed by atoms with E-state index in [0.29, 0.717) is 15.8 Å². The number of nitro benzene ring substituents is 1. The predicted molar refractivity (Wildman–Crippen MR) is 79.0 cm³/mol. The molecule has 0 unspecified atom stereocenters. The zero-order chi connectivity index (χ0) is 15.6. The van der Waals surface area contributed by atoms with Crippen LogP contribution in [0.4, 0.5) is 5.69 Å². The van der Waals surface area contributed by atoms with Crippen LogP contribution in [0.5, 0.6) is 11.5 Å². The minimum Gasteiger partial charge on any atom is -0.478 e. The number of nitrogens with zero attached hydrogens (tertiary/aromatic N) is 1. The van der Waals surface area contributed by atoms with Crippen molar-refractivity contribution in [2.75, 3.05) is 0 Å². The van der Waals surface area contributed by atoms with E-state index in [2.05, 4.69) is 15.9 Å². The summed E-state index contributed by atoms with van der Waals surface area (Å²) in [6.07, 6.45) is 0. The Morgan fingerprint density at radius 3 is 2.43 bits per heavy atom. The molecule has 0 fully saturated rings. The molecule has 6 nitrogen and oxygen atoms in total. The van der Waals surface area contributed by atoms with Crippen molar-refractivity contribution in [3.8, 4) is 11.5 Å². The number of ether oxygens (including phenoxy) is 1. The zero-order valence-corrected chi connectivity index (χ0v) is 12.5. The van der Waals surface area contributed by atoms with Gasteiger partial charge in [0.15, 0.2) is 0 Å². The molecule has 0 aliphatic carbocycles. The maximum absolute atomic E-state index is 11.1. The van der Waals surface area contributed by atoms with E-state index in [1.54, 1.807) is 13.0 Å². The highest BCUT2D eigenvalue weighted by Crippen LogP contribution is 2.37. The van der Waals surface area contributed by atoms with Crippen molar-refractivity contribution in [2.45, 2.75) is 6.92 Å². The van der Waals surface area contributed by atoms with Gasteiger partial charge in [0.25, 0.3) is 0 Å². The van der Waals surface area contributed by atoms with Crippen LogP contribution in [0.15, 0.2) is 40.9 Å². The highest BCUT2D eigenvalue weighted by molar-refractivity contribution is 9.10. The van der Waals surface area contributed by atoms with Gasteiger partial charge < -0.3 is 9.84 Å². The highest BCUT2D eigenvalue weighted by Gasteiger charge is 2.19. The Morgan fingerprint density at radius 2 is 1.90 bits per heavy atom. The molecule has 0 heterocycles. The van der Waals surface area contributed by atoms with Crippen LogP contribution in [-0.4, -0.2) is 16.0 Å². The normalized spacial score (nSPS) is 10.2. The molecule has 7 heteroatoms. The Kier molecular flexibility index (Phi) is 4.23. The summed E-state index contributed by atoms with van der Waals surface area (Å²) in [7, 11) is 0. The van der Waals surface area contributed by atoms with Gasteiger partial charge in [0, 0.05) is 10.5 Å². The zero-order valence-electron chi connectivity index (χ0n) is 10.9. The van der Waals surface area contributed by atoms with E-state index in [-0.39, 0.29) is 17.0 Å². The third kappa shape index (κ3) is 3.38. The molecule has 0 saturated heterocycles. The van der Waals surface area contributed by atoms with Gasteiger partial charge >= 0.3 is 11.7 Å². The van der Waals surface area contributed by atoms with Gasteiger partial charge in [-0.1, -0.05) is 15.9 Å². The average Bonchev–Trinajstić information content (AvgIpc) is 2.41. The van der Waals surface area contributed by atoms with Crippen molar-refractivity contribution in [3.63, 3.8) is 0 Å². The third-order valence-corrected chi connectivity index (χ3v) is 3.20. The molecule has 1 N–H and O–H groups in total. The van der Waals surface area contributed by atoms with Gasteiger partial charge in [-0.25, -0.2) is 4.79 Å². The Labute approximate surface area is 128 Å². The standard InChI is InChI=1S/C14H10BrNO5/c1-8-6-10(15)7-12(16(19)20)13(8)21-11-4-2-9(3-5-11)14(17)18/h2-7H,1H3,(H,17,18). The molecule has 0 aliphatic rings. The average molecular weight is 352 g/mol. The maximum Gasteiger partial charge on any atom is 0.335 e. The number of aryl methyl sites for hydroxylation is 1. The molecule has 0 radical (unpaired) electrons. The van der Waals surface area contributed by atoms with Gasteiger partial charge in [0.05, 0.1) is 10.5 Å². The van der Waals surface area contributed by atoms with Crippen molar-refractivity contribution in [1.82, 2.24) is 0 Å². The van der Waals surface area contributed by atoms with E-state index in [4.69, 9.17) is 9.84 Å². The fourth-order valence-electron chi connectivity index (χ4n) is 1.76. The lowest BCUT2D eigenvalue weighted by Crippen LogP contribution is -1.98. The second kappa shape index (κ2) is 5.92. The number of hydrogen-bond acceptors (Lipinski definition) is 4. The van der Waals surface area contributed by atoms with Crippen LogP contribution < -0.4 is 4.74 Å². The van der Waals surface area contributed by atoms with Crippen LogP contribution >= 0.6 is 15.9 Å². The number of rotatable bonds is 4. The third-order valence-electron chi connectivity index (χ3n) is 2.74. The van der Waals surface area contributed by atoms with Gasteiger partial charge in [0.2, 0.25) is 5.75 Å². The fourth-order valence-corrected chi connectivity index (χ4v) is 2.32. The molecular weight excluding hydrogens is 342 g/mol. The van der Waals surface area contributed by atoms with Crippen LogP contribution in [0, 0.1) is 17.0 Å². The van der Waals surface area contributed by atoms with Crippen LogP contribution in [0.2, 0.25) is 0 Å². The Balaban J connectivity index is 2.39. The van der Waals surface area contributed by atoms with Gasteiger partial charge in [-0.15, -0.1) is 0 Å². The number of nitro groups is 1. The number of carboxylic acids is 1.